The van der Waals surface area contributed by atoms with Gasteiger partial charge in [-0.3, -0.25) is 9.69 Å². The minimum absolute atomic E-state index is 0.0483. The van der Waals surface area contributed by atoms with Gasteiger partial charge < -0.3 is 0 Å². The van der Waals surface area contributed by atoms with Gasteiger partial charge in [-0.05, 0) is 50.5 Å². The molecule has 1 amide bonds. The van der Waals surface area contributed by atoms with Crippen molar-refractivity contribution < 1.29 is 4.79 Å². The first-order chi connectivity index (χ1) is 16.0. The summed E-state index contributed by atoms with van der Waals surface area (Å²) < 4.78 is 1.98. The molecule has 6 nitrogen and oxygen atoms in total. The fourth-order valence-electron chi connectivity index (χ4n) is 3.80. The van der Waals surface area contributed by atoms with Crippen LogP contribution >= 0.6 is 23.1 Å². The van der Waals surface area contributed by atoms with Crippen molar-refractivity contribution in [2.75, 3.05) is 4.90 Å². The highest BCUT2D eigenvalue weighted by atomic mass is 32.2. The molecule has 0 aliphatic heterocycles. The van der Waals surface area contributed by atoms with E-state index in [0.29, 0.717) is 16.8 Å². The van der Waals surface area contributed by atoms with Crippen LogP contribution in [0.5, 0.6) is 0 Å². The number of thiazole rings is 1. The number of aryl methyl sites for hydroxylation is 2. The molecule has 2 aromatic heterocycles. The van der Waals surface area contributed by atoms with Crippen LogP contribution in [0.3, 0.4) is 0 Å². The zero-order valence-corrected chi connectivity index (χ0v) is 20.5. The molecule has 4 aromatic rings. The molecular formula is C25H25N5OS2. The summed E-state index contributed by atoms with van der Waals surface area (Å²) in [5.41, 5.74) is 5.06. The number of anilines is 2. The van der Waals surface area contributed by atoms with Crippen LogP contribution in [-0.2, 0) is 10.5 Å². The van der Waals surface area contributed by atoms with Crippen LogP contribution in [-0.4, -0.2) is 25.7 Å². The lowest BCUT2D eigenvalue weighted by molar-refractivity contribution is -0.115. The molecule has 1 saturated carbocycles. The maximum Gasteiger partial charge on any atom is 0.230 e. The number of hydrogen-bond acceptors (Lipinski definition) is 6. The lowest BCUT2D eigenvalue weighted by Crippen LogP contribution is -2.23. The van der Waals surface area contributed by atoms with Crippen molar-refractivity contribution in [1.29, 1.82) is 0 Å². The Bertz CT molecular complexity index is 1290. The van der Waals surface area contributed by atoms with Crippen molar-refractivity contribution >= 4 is 39.8 Å². The summed E-state index contributed by atoms with van der Waals surface area (Å²) in [6.45, 7) is 5.65. The molecule has 0 spiro atoms. The maximum absolute atomic E-state index is 12.5. The largest absolute Gasteiger partial charge is 0.274 e. The molecule has 1 aliphatic rings. The van der Waals surface area contributed by atoms with Crippen LogP contribution in [0, 0.1) is 13.8 Å². The average molecular weight is 476 g/mol. The minimum atomic E-state index is -0.0483. The zero-order valence-electron chi connectivity index (χ0n) is 18.9. The Morgan fingerprint density at radius 2 is 1.94 bits per heavy atom. The van der Waals surface area contributed by atoms with Crippen molar-refractivity contribution in [3.63, 3.8) is 0 Å². The maximum atomic E-state index is 12.5. The highest BCUT2D eigenvalue weighted by Gasteiger charge is 2.30. The standard InChI is InChI=1S/C25H25N5OS2/c1-16-9-12-22(17(2)13-16)29(18(3)31)25-26-20(15-33-25)14-32-24-27-23(19-10-11-19)30(28-24)21-7-5-4-6-8-21/h4-9,12-13,15,19H,10-11,14H2,1-3H3. The van der Waals surface area contributed by atoms with Gasteiger partial charge in [0.15, 0.2) is 5.13 Å². The number of carbonyl (C=O) groups excluding carboxylic acids is 1. The van der Waals surface area contributed by atoms with Crippen LogP contribution < -0.4 is 4.90 Å². The molecule has 2 aromatic carbocycles. The molecule has 2 heterocycles. The number of nitrogens with zero attached hydrogens (tertiary/aromatic N) is 5. The third-order valence-electron chi connectivity index (χ3n) is 5.54. The van der Waals surface area contributed by atoms with E-state index in [-0.39, 0.29) is 5.91 Å². The molecule has 0 atom stereocenters. The number of amides is 1. The van der Waals surface area contributed by atoms with Crippen molar-refractivity contribution in [3.05, 3.63) is 76.6 Å². The zero-order chi connectivity index (χ0) is 22.9. The number of aromatic nitrogens is 4. The average Bonchev–Trinajstić information content (AvgIpc) is 3.39. The summed E-state index contributed by atoms with van der Waals surface area (Å²) >= 11 is 3.06. The summed E-state index contributed by atoms with van der Waals surface area (Å²) in [5, 5.41) is 8.23. The van der Waals surface area contributed by atoms with Crippen molar-refractivity contribution in [1.82, 2.24) is 19.7 Å². The highest BCUT2D eigenvalue weighted by molar-refractivity contribution is 7.98. The molecule has 0 unspecified atom stereocenters. The monoisotopic (exact) mass is 475 g/mol. The molecule has 1 aliphatic carbocycles. The van der Waals surface area contributed by atoms with Crippen LogP contribution in [0.1, 0.15) is 48.3 Å². The topological polar surface area (TPSA) is 63.9 Å². The lowest BCUT2D eigenvalue weighted by atomic mass is 10.1. The van der Waals surface area contributed by atoms with E-state index < -0.39 is 0 Å². The van der Waals surface area contributed by atoms with Gasteiger partial charge >= 0.3 is 0 Å². The van der Waals surface area contributed by atoms with E-state index in [1.54, 1.807) is 23.6 Å². The highest BCUT2D eigenvalue weighted by Crippen LogP contribution is 2.41. The van der Waals surface area contributed by atoms with Crippen LogP contribution in [0.4, 0.5) is 10.8 Å². The van der Waals surface area contributed by atoms with Crippen molar-refractivity contribution in [2.45, 2.75) is 50.4 Å². The second-order valence-electron chi connectivity index (χ2n) is 8.33. The molecule has 0 saturated heterocycles. The van der Waals surface area contributed by atoms with E-state index in [2.05, 4.69) is 25.1 Å². The molecule has 0 N–H and O–H groups in total. The molecule has 5 rings (SSSR count). The Morgan fingerprint density at radius 3 is 2.64 bits per heavy atom. The van der Waals surface area contributed by atoms with E-state index in [4.69, 9.17) is 15.1 Å². The third kappa shape index (κ3) is 4.72. The Labute approximate surface area is 201 Å². The molecule has 8 heteroatoms. The van der Waals surface area contributed by atoms with Crippen LogP contribution in [0.25, 0.3) is 5.69 Å². The van der Waals surface area contributed by atoms with Gasteiger partial charge in [0, 0.05) is 24.0 Å². The van der Waals surface area contributed by atoms with Gasteiger partial charge in [-0.1, -0.05) is 47.7 Å². The quantitative estimate of drug-likeness (QED) is 0.298. The van der Waals surface area contributed by atoms with Crippen LogP contribution in [0.2, 0.25) is 0 Å². The second kappa shape index (κ2) is 9.11. The first-order valence-corrected chi connectivity index (χ1v) is 12.8. The second-order valence-corrected chi connectivity index (χ2v) is 10.1. The smallest absolute Gasteiger partial charge is 0.230 e. The third-order valence-corrected chi connectivity index (χ3v) is 7.29. The molecule has 0 bridgehead atoms. The van der Waals surface area contributed by atoms with Crippen LogP contribution in [0.15, 0.2) is 59.1 Å². The molecule has 168 valence electrons. The lowest BCUT2D eigenvalue weighted by Gasteiger charge is -2.20. The summed E-state index contributed by atoms with van der Waals surface area (Å²) in [5.74, 6) is 2.14. The Morgan fingerprint density at radius 1 is 1.15 bits per heavy atom. The van der Waals surface area contributed by atoms with E-state index in [1.165, 1.54) is 29.7 Å². The number of thioether (sulfide) groups is 1. The van der Waals surface area contributed by atoms with Gasteiger partial charge in [0.25, 0.3) is 0 Å². The summed E-state index contributed by atoms with van der Waals surface area (Å²) in [6.07, 6.45) is 2.34. The van der Waals surface area contributed by atoms with Crippen molar-refractivity contribution in [2.24, 2.45) is 0 Å². The van der Waals surface area contributed by atoms with E-state index >= 15 is 0 Å². The minimum Gasteiger partial charge on any atom is -0.274 e. The van der Waals surface area contributed by atoms with Gasteiger partial charge in [-0.2, -0.15) is 0 Å². The van der Waals surface area contributed by atoms with Crippen molar-refractivity contribution in [3.8, 4) is 5.69 Å². The number of hydrogen-bond donors (Lipinski definition) is 0. The summed E-state index contributed by atoms with van der Waals surface area (Å²) in [6, 6.07) is 16.3. The summed E-state index contributed by atoms with van der Waals surface area (Å²) in [4.78, 5) is 23.8. The SMILES string of the molecule is CC(=O)N(c1nc(CSc2nc(C3CC3)n(-c3ccccc3)n2)cs1)c1ccc(C)cc1C. The number of rotatable bonds is 7. The fraction of sp³-hybridized carbons (Fsp3) is 0.280. The van der Waals surface area contributed by atoms with E-state index in [0.717, 1.165) is 33.6 Å². The molecule has 0 radical (unpaired) electrons. The number of benzene rings is 2. The predicted octanol–water partition coefficient (Wildman–Crippen LogP) is 6.19. The van der Waals surface area contributed by atoms with Gasteiger partial charge in [-0.15, -0.1) is 16.4 Å². The van der Waals surface area contributed by atoms with Gasteiger partial charge in [0.2, 0.25) is 11.1 Å². The van der Waals surface area contributed by atoms with E-state index in [9.17, 15) is 4.79 Å². The number of para-hydroxylation sites is 1. The van der Waals surface area contributed by atoms with E-state index in [1.807, 2.05) is 47.3 Å². The fourth-order valence-corrected chi connectivity index (χ4v) is 5.51. The molecule has 1 fully saturated rings. The molecule has 33 heavy (non-hydrogen) atoms. The molecular weight excluding hydrogens is 450 g/mol. The summed E-state index contributed by atoms with van der Waals surface area (Å²) in [7, 11) is 0. The first kappa shape index (κ1) is 21.9. The number of carbonyl (C=O) groups is 1. The predicted molar refractivity (Wildman–Crippen MR) is 134 cm³/mol. The van der Waals surface area contributed by atoms with Gasteiger partial charge in [-0.25, -0.2) is 14.6 Å². The normalized spacial score (nSPS) is 13.3. The Balaban J connectivity index is 1.35. The Hall–Kier alpha value is -2.97. The van der Waals surface area contributed by atoms with Gasteiger partial charge in [0.05, 0.1) is 17.1 Å². The first-order valence-electron chi connectivity index (χ1n) is 11.0. The Kier molecular flexibility index (Phi) is 6.03. The van der Waals surface area contributed by atoms with Gasteiger partial charge in [0.1, 0.15) is 5.82 Å².